The van der Waals surface area contributed by atoms with Crippen molar-refractivity contribution in [1.82, 2.24) is 20.1 Å². The molecule has 1 N–H and O–H groups in total. The van der Waals surface area contributed by atoms with Crippen molar-refractivity contribution in [3.05, 3.63) is 71.2 Å². The van der Waals surface area contributed by atoms with Gasteiger partial charge in [0.2, 0.25) is 0 Å². The Bertz CT molecular complexity index is 903. The summed E-state index contributed by atoms with van der Waals surface area (Å²) in [5, 5.41) is 7.30. The Kier molecular flexibility index (Phi) is 4.24. The fraction of sp³-hybridized carbons (Fsp3) is 0.263. The van der Waals surface area contributed by atoms with E-state index in [1.807, 2.05) is 18.3 Å². The second kappa shape index (κ2) is 6.57. The lowest BCUT2D eigenvalue weighted by atomic mass is 9.99. The summed E-state index contributed by atoms with van der Waals surface area (Å²) in [7, 11) is 0. The van der Waals surface area contributed by atoms with Gasteiger partial charge in [-0.3, -0.25) is 15.0 Å². The summed E-state index contributed by atoms with van der Waals surface area (Å²) in [6.07, 6.45) is -0.00148. The van der Waals surface area contributed by atoms with E-state index in [0.717, 1.165) is 48.5 Å². The van der Waals surface area contributed by atoms with Gasteiger partial charge >= 0.3 is 6.18 Å². The molecule has 0 bridgehead atoms. The van der Waals surface area contributed by atoms with Crippen molar-refractivity contribution in [2.75, 3.05) is 6.54 Å². The van der Waals surface area contributed by atoms with E-state index in [1.165, 1.54) is 6.07 Å². The molecule has 134 valence electrons. The Balaban J connectivity index is 1.61. The van der Waals surface area contributed by atoms with Crippen molar-refractivity contribution in [2.24, 2.45) is 0 Å². The monoisotopic (exact) mass is 358 g/mol. The highest BCUT2D eigenvalue weighted by atomic mass is 19.4. The second-order valence-corrected chi connectivity index (χ2v) is 6.43. The van der Waals surface area contributed by atoms with Gasteiger partial charge in [-0.05, 0) is 23.8 Å². The zero-order valence-corrected chi connectivity index (χ0v) is 13.9. The van der Waals surface area contributed by atoms with Gasteiger partial charge in [0.05, 0.1) is 11.3 Å². The first-order valence-electron chi connectivity index (χ1n) is 8.36. The summed E-state index contributed by atoms with van der Waals surface area (Å²) in [4.78, 5) is 6.39. The quantitative estimate of drug-likeness (QED) is 0.768. The molecule has 1 aromatic carbocycles. The molecule has 3 aromatic rings. The van der Waals surface area contributed by atoms with Crippen LogP contribution in [0.3, 0.4) is 0 Å². The molecule has 0 spiro atoms. The van der Waals surface area contributed by atoms with Crippen LogP contribution in [0, 0.1) is 0 Å². The number of rotatable bonds is 3. The smallest absolute Gasteiger partial charge is 0.294 e. The van der Waals surface area contributed by atoms with Crippen molar-refractivity contribution >= 4 is 0 Å². The van der Waals surface area contributed by atoms with Crippen molar-refractivity contribution < 1.29 is 13.2 Å². The van der Waals surface area contributed by atoms with Crippen molar-refractivity contribution in [1.29, 1.82) is 0 Å². The van der Waals surface area contributed by atoms with Gasteiger partial charge in [-0.15, -0.1) is 0 Å². The Morgan fingerprint density at radius 3 is 2.81 bits per heavy atom. The standard InChI is InChI=1S/C19H17F3N4/c20-19(21,22)15-5-1-4-14(9-15)18-16-12-26(8-6-17(16)24-25-18)11-13-3-2-7-23-10-13/h1-5,7,9-10H,6,8,11-12H2,(H,24,25). The molecule has 1 aliphatic heterocycles. The zero-order valence-electron chi connectivity index (χ0n) is 13.9. The predicted molar refractivity (Wildman–Crippen MR) is 91.1 cm³/mol. The molecule has 0 unspecified atom stereocenters. The van der Waals surface area contributed by atoms with E-state index >= 15 is 0 Å². The SMILES string of the molecule is FC(F)(F)c1cccc(-c2n[nH]c3c2CN(Cc2cccnc2)CC3)c1. The van der Waals surface area contributed by atoms with Crippen LogP contribution in [0.2, 0.25) is 0 Å². The maximum atomic E-state index is 13.0. The second-order valence-electron chi connectivity index (χ2n) is 6.43. The summed E-state index contributed by atoms with van der Waals surface area (Å²) >= 11 is 0. The van der Waals surface area contributed by atoms with Crippen LogP contribution in [-0.4, -0.2) is 26.6 Å². The molecule has 0 aliphatic carbocycles. The van der Waals surface area contributed by atoms with E-state index in [2.05, 4.69) is 20.1 Å². The molecule has 3 heterocycles. The van der Waals surface area contributed by atoms with E-state index in [1.54, 1.807) is 12.3 Å². The number of nitrogens with zero attached hydrogens (tertiary/aromatic N) is 3. The van der Waals surface area contributed by atoms with E-state index < -0.39 is 11.7 Å². The number of nitrogens with one attached hydrogen (secondary N) is 1. The van der Waals surface area contributed by atoms with Gasteiger partial charge < -0.3 is 0 Å². The predicted octanol–water partition coefficient (Wildman–Crippen LogP) is 4.05. The molecular formula is C19H17F3N4. The zero-order chi connectivity index (χ0) is 18.1. The fourth-order valence-corrected chi connectivity index (χ4v) is 3.32. The maximum Gasteiger partial charge on any atom is 0.416 e. The minimum absolute atomic E-state index is 0.487. The highest BCUT2D eigenvalue weighted by Crippen LogP contribution is 2.34. The number of aromatic amines is 1. The van der Waals surface area contributed by atoms with Gasteiger partial charge in [0, 0.05) is 55.3 Å². The molecule has 4 rings (SSSR count). The molecule has 2 aromatic heterocycles. The van der Waals surface area contributed by atoms with Gasteiger partial charge in [0.1, 0.15) is 0 Å². The third kappa shape index (κ3) is 3.35. The Labute approximate surface area is 148 Å². The van der Waals surface area contributed by atoms with Crippen molar-refractivity contribution in [3.63, 3.8) is 0 Å². The van der Waals surface area contributed by atoms with Gasteiger partial charge in [-0.2, -0.15) is 18.3 Å². The molecule has 0 radical (unpaired) electrons. The summed E-state index contributed by atoms with van der Waals surface area (Å²) in [6.45, 7) is 2.26. The normalized spacial score (nSPS) is 15.0. The molecule has 4 nitrogen and oxygen atoms in total. The molecule has 0 saturated carbocycles. The van der Waals surface area contributed by atoms with E-state index in [4.69, 9.17) is 0 Å². The number of pyridine rings is 1. The largest absolute Gasteiger partial charge is 0.416 e. The Hall–Kier alpha value is -2.67. The van der Waals surface area contributed by atoms with Crippen LogP contribution >= 0.6 is 0 Å². The minimum atomic E-state index is -4.36. The molecule has 1 aliphatic rings. The number of aromatic nitrogens is 3. The molecule has 0 saturated heterocycles. The van der Waals surface area contributed by atoms with Crippen LogP contribution in [0.15, 0.2) is 48.8 Å². The fourth-order valence-electron chi connectivity index (χ4n) is 3.32. The number of hydrogen-bond acceptors (Lipinski definition) is 3. The van der Waals surface area contributed by atoms with Crippen molar-refractivity contribution in [2.45, 2.75) is 25.7 Å². The van der Waals surface area contributed by atoms with Gasteiger partial charge in [0.25, 0.3) is 0 Å². The third-order valence-electron chi connectivity index (χ3n) is 4.60. The first-order chi connectivity index (χ1) is 12.5. The van der Waals surface area contributed by atoms with Crippen LogP contribution in [0.25, 0.3) is 11.3 Å². The molecule has 0 atom stereocenters. The topological polar surface area (TPSA) is 44.8 Å². The number of halogens is 3. The summed E-state index contributed by atoms with van der Waals surface area (Å²) in [5.41, 5.74) is 3.51. The molecule has 0 amide bonds. The summed E-state index contributed by atoms with van der Waals surface area (Å²) < 4.78 is 39.0. The highest BCUT2D eigenvalue weighted by molar-refractivity contribution is 5.65. The van der Waals surface area contributed by atoms with Gasteiger partial charge in [-0.25, -0.2) is 0 Å². The van der Waals surface area contributed by atoms with Gasteiger partial charge in [-0.1, -0.05) is 18.2 Å². The number of H-pyrrole nitrogens is 1. The summed E-state index contributed by atoms with van der Waals surface area (Å²) in [5.74, 6) is 0. The number of benzene rings is 1. The van der Waals surface area contributed by atoms with Gasteiger partial charge in [0.15, 0.2) is 0 Å². The maximum absolute atomic E-state index is 13.0. The van der Waals surface area contributed by atoms with E-state index in [9.17, 15) is 13.2 Å². The Morgan fingerprint density at radius 1 is 1.15 bits per heavy atom. The van der Waals surface area contributed by atoms with Crippen LogP contribution in [0.4, 0.5) is 13.2 Å². The van der Waals surface area contributed by atoms with Crippen LogP contribution in [0.5, 0.6) is 0 Å². The number of hydrogen-bond donors (Lipinski definition) is 1. The lowest BCUT2D eigenvalue weighted by Gasteiger charge is -2.27. The molecule has 26 heavy (non-hydrogen) atoms. The minimum Gasteiger partial charge on any atom is -0.294 e. The van der Waals surface area contributed by atoms with Crippen LogP contribution in [-0.2, 0) is 25.7 Å². The van der Waals surface area contributed by atoms with Crippen LogP contribution in [0.1, 0.15) is 22.4 Å². The van der Waals surface area contributed by atoms with Crippen molar-refractivity contribution in [3.8, 4) is 11.3 Å². The molecular weight excluding hydrogens is 341 g/mol. The first-order valence-corrected chi connectivity index (χ1v) is 8.36. The average Bonchev–Trinajstić information content (AvgIpc) is 3.05. The lowest BCUT2D eigenvalue weighted by Crippen LogP contribution is -2.30. The van der Waals surface area contributed by atoms with Crippen LogP contribution < -0.4 is 0 Å². The Morgan fingerprint density at radius 2 is 2.04 bits per heavy atom. The highest BCUT2D eigenvalue weighted by Gasteiger charge is 2.31. The summed E-state index contributed by atoms with van der Waals surface area (Å²) in [6, 6.07) is 9.26. The molecule has 7 heteroatoms. The average molecular weight is 358 g/mol. The number of fused-ring (bicyclic) bond motifs is 1. The number of alkyl halides is 3. The molecule has 0 fully saturated rings. The third-order valence-corrected chi connectivity index (χ3v) is 4.60. The van der Waals surface area contributed by atoms with E-state index in [-0.39, 0.29) is 0 Å². The van der Waals surface area contributed by atoms with E-state index in [0.29, 0.717) is 17.8 Å². The lowest BCUT2D eigenvalue weighted by molar-refractivity contribution is -0.137. The first kappa shape index (κ1) is 16.8.